The maximum atomic E-state index is 13.1. The highest BCUT2D eigenvalue weighted by molar-refractivity contribution is 7.99. The van der Waals surface area contributed by atoms with Crippen molar-refractivity contribution in [1.82, 2.24) is 9.55 Å². The molecule has 0 aliphatic heterocycles. The van der Waals surface area contributed by atoms with Crippen LogP contribution in [0.2, 0.25) is 5.02 Å². The summed E-state index contributed by atoms with van der Waals surface area (Å²) in [6.45, 7) is 2.19. The fourth-order valence-corrected chi connectivity index (χ4v) is 3.73. The van der Waals surface area contributed by atoms with Crippen molar-refractivity contribution in [1.29, 1.82) is 0 Å². The lowest BCUT2D eigenvalue weighted by Crippen LogP contribution is -3.10. The molecule has 1 heterocycles. The van der Waals surface area contributed by atoms with Crippen LogP contribution in [-0.4, -0.2) is 35.4 Å². The van der Waals surface area contributed by atoms with Gasteiger partial charge in [0.25, 0.3) is 5.56 Å². The molecule has 0 aliphatic rings. The van der Waals surface area contributed by atoms with Gasteiger partial charge in [0.1, 0.15) is 0 Å². The minimum atomic E-state index is -0.0553. The fourth-order valence-electron chi connectivity index (χ4n) is 2.39. The SMILES string of the molecule is C[C@@H](CSc1nc2ccccc2c(=O)n1-c1ccc(Cl)cc1)[NH+](C)C. The number of benzene rings is 2. The number of quaternary nitrogens is 1. The minimum Gasteiger partial charge on any atom is -0.337 e. The second kappa shape index (κ2) is 7.60. The molecule has 0 saturated carbocycles. The summed E-state index contributed by atoms with van der Waals surface area (Å²) >= 11 is 7.61. The van der Waals surface area contributed by atoms with Crippen molar-refractivity contribution in [3.8, 4) is 5.69 Å². The molecule has 0 amide bonds. The van der Waals surface area contributed by atoms with Crippen LogP contribution in [0.1, 0.15) is 6.92 Å². The molecule has 2 aromatic carbocycles. The van der Waals surface area contributed by atoms with Crippen LogP contribution in [-0.2, 0) is 0 Å². The van der Waals surface area contributed by atoms with Crippen molar-refractivity contribution < 1.29 is 4.90 Å². The number of thioether (sulfide) groups is 1. The number of hydrogen-bond donors (Lipinski definition) is 1. The normalized spacial score (nSPS) is 12.7. The summed E-state index contributed by atoms with van der Waals surface area (Å²) in [7, 11) is 4.26. The molecule has 1 aromatic heterocycles. The molecule has 25 heavy (non-hydrogen) atoms. The molecule has 4 nitrogen and oxygen atoms in total. The van der Waals surface area contributed by atoms with E-state index < -0.39 is 0 Å². The highest BCUT2D eigenvalue weighted by atomic mass is 35.5. The van der Waals surface area contributed by atoms with Crippen LogP contribution in [0, 0.1) is 0 Å². The summed E-state index contributed by atoms with van der Waals surface area (Å²) in [4.78, 5) is 19.2. The Kier molecular flexibility index (Phi) is 5.47. The van der Waals surface area contributed by atoms with E-state index in [0.29, 0.717) is 21.6 Å². The van der Waals surface area contributed by atoms with Gasteiger partial charge < -0.3 is 4.90 Å². The van der Waals surface area contributed by atoms with Gasteiger partial charge >= 0.3 is 0 Å². The first-order chi connectivity index (χ1) is 12.0. The van der Waals surface area contributed by atoms with Crippen molar-refractivity contribution in [3.05, 3.63) is 63.9 Å². The molecule has 3 rings (SSSR count). The first-order valence-corrected chi connectivity index (χ1v) is 9.54. The van der Waals surface area contributed by atoms with E-state index >= 15 is 0 Å². The smallest absolute Gasteiger partial charge is 0.266 e. The number of halogens is 1. The van der Waals surface area contributed by atoms with Crippen molar-refractivity contribution in [3.63, 3.8) is 0 Å². The van der Waals surface area contributed by atoms with Crippen LogP contribution in [0.25, 0.3) is 16.6 Å². The predicted molar refractivity (Wildman–Crippen MR) is 105 cm³/mol. The first kappa shape index (κ1) is 18.0. The second-order valence-corrected chi connectivity index (χ2v) is 7.74. The van der Waals surface area contributed by atoms with E-state index in [-0.39, 0.29) is 5.56 Å². The maximum absolute atomic E-state index is 13.1. The van der Waals surface area contributed by atoms with Gasteiger partial charge in [-0.1, -0.05) is 35.5 Å². The molecule has 3 aromatic rings. The van der Waals surface area contributed by atoms with Gasteiger partial charge in [-0.05, 0) is 43.3 Å². The topological polar surface area (TPSA) is 39.3 Å². The van der Waals surface area contributed by atoms with Gasteiger partial charge in [-0.2, -0.15) is 0 Å². The van der Waals surface area contributed by atoms with E-state index in [1.165, 1.54) is 4.90 Å². The average molecular weight is 375 g/mol. The molecule has 0 bridgehead atoms. The number of nitrogens with zero attached hydrogens (tertiary/aromatic N) is 2. The molecule has 130 valence electrons. The molecule has 1 atom stereocenters. The molecule has 0 fully saturated rings. The highest BCUT2D eigenvalue weighted by Gasteiger charge is 2.16. The number of para-hydroxylation sites is 1. The summed E-state index contributed by atoms with van der Waals surface area (Å²) in [6.07, 6.45) is 0. The van der Waals surface area contributed by atoms with Crippen molar-refractivity contribution >= 4 is 34.3 Å². The van der Waals surface area contributed by atoms with Gasteiger partial charge in [-0.3, -0.25) is 9.36 Å². The van der Waals surface area contributed by atoms with Crippen molar-refractivity contribution in [2.75, 3.05) is 19.8 Å². The van der Waals surface area contributed by atoms with E-state index in [1.807, 2.05) is 36.4 Å². The van der Waals surface area contributed by atoms with Crippen molar-refractivity contribution in [2.24, 2.45) is 0 Å². The Labute approximate surface area is 156 Å². The number of aromatic nitrogens is 2. The van der Waals surface area contributed by atoms with Gasteiger partial charge in [0.05, 0.1) is 42.5 Å². The second-order valence-electron chi connectivity index (χ2n) is 6.32. The Bertz CT molecular complexity index is 938. The molecule has 0 unspecified atom stereocenters. The molecule has 0 saturated heterocycles. The molecule has 6 heteroatoms. The fraction of sp³-hybridized carbons (Fsp3) is 0.263. The maximum Gasteiger partial charge on any atom is 0.266 e. The molecule has 0 radical (unpaired) electrons. The summed E-state index contributed by atoms with van der Waals surface area (Å²) in [5.41, 5.74) is 1.45. The Morgan fingerprint density at radius 3 is 2.52 bits per heavy atom. The summed E-state index contributed by atoms with van der Waals surface area (Å²) < 4.78 is 1.68. The third-order valence-electron chi connectivity index (χ3n) is 4.28. The quantitative estimate of drug-likeness (QED) is 0.551. The van der Waals surface area contributed by atoms with Crippen LogP contribution < -0.4 is 10.5 Å². The van der Waals surface area contributed by atoms with Gasteiger partial charge in [-0.15, -0.1) is 0 Å². The van der Waals surface area contributed by atoms with E-state index in [0.717, 1.165) is 17.0 Å². The lowest BCUT2D eigenvalue weighted by Gasteiger charge is -2.18. The number of nitrogens with one attached hydrogen (secondary N) is 1. The Hall–Kier alpha value is -1.82. The van der Waals surface area contributed by atoms with Crippen LogP contribution in [0.15, 0.2) is 58.5 Å². The van der Waals surface area contributed by atoms with E-state index in [1.54, 1.807) is 28.5 Å². The molecule has 0 aliphatic carbocycles. The largest absolute Gasteiger partial charge is 0.337 e. The Morgan fingerprint density at radius 2 is 1.84 bits per heavy atom. The lowest BCUT2D eigenvalue weighted by molar-refractivity contribution is -0.880. The van der Waals surface area contributed by atoms with Gasteiger partial charge in [0, 0.05) is 5.02 Å². The van der Waals surface area contributed by atoms with Gasteiger partial charge in [0.15, 0.2) is 5.16 Å². The van der Waals surface area contributed by atoms with Crippen LogP contribution in [0.5, 0.6) is 0 Å². The zero-order valence-corrected chi connectivity index (χ0v) is 16.1. The molecular formula is C19H21ClN3OS+. The lowest BCUT2D eigenvalue weighted by atomic mass is 10.2. The van der Waals surface area contributed by atoms with E-state index in [4.69, 9.17) is 16.6 Å². The number of hydrogen-bond acceptors (Lipinski definition) is 3. The predicted octanol–water partition coefficient (Wildman–Crippen LogP) is 2.66. The monoisotopic (exact) mass is 374 g/mol. The Morgan fingerprint density at radius 1 is 1.16 bits per heavy atom. The van der Waals surface area contributed by atoms with Gasteiger partial charge in [0.2, 0.25) is 0 Å². The van der Waals surface area contributed by atoms with Crippen LogP contribution >= 0.6 is 23.4 Å². The van der Waals surface area contributed by atoms with E-state index in [2.05, 4.69) is 21.0 Å². The number of fused-ring (bicyclic) bond motifs is 1. The number of rotatable bonds is 5. The van der Waals surface area contributed by atoms with E-state index in [9.17, 15) is 4.79 Å². The first-order valence-electron chi connectivity index (χ1n) is 8.18. The standard InChI is InChI=1S/C19H20ClN3OS/c1-13(22(2)3)12-25-19-21-17-7-5-4-6-16(17)18(24)23(19)15-10-8-14(20)9-11-15/h4-11,13H,12H2,1-3H3/p+1/t13-/m0/s1. The summed E-state index contributed by atoms with van der Waals surface area (Å²) in [5, 5.41) is 1.97. The third kappa shape index (κ3) is 3.89. The molecule has 0 spiro atoms. The molecular weight excluding hydrogens is 354 g/mol. The average Bonchev–Trinajstić information content (AvgIpc) is 2.61. The van der Waals surface area contributed by atoms with Crippen molar-refractivity contribution in [2.45, 2.75) is 18.1 Å². The molecule has 1 N–H and O–H groups in total. The Balaban J connectivity index is 2.14. The minimum absolute atomic E-state index is 0.0553. The highest BCUT2D eigenvalue weighted by Crippen LogP contribution is 2.22. The summed E-state index contributed by atoms with van der Waals surface area (Å²) in [6, 6.07) is 15.2. The third-order valence-corrected chi connectivity index (χ3v) is 5.73. The van der Waals surface area contributed by atoms with Crippen LogP contribution in [0.4, 0.5) is 0 Å². The zero-order chi connectivity index (χ0) is 18.0. The zero-order valence-electron chi connectivity index (χ0n) is 14.5. The van der Waals surface area contributed by atoms with Crippen LogP contribution in [0.3, 0.4) is 0 Å². The summed E-state index contributed by atoms with van der Waals surface area (Å²) in [5.74, 6) is 0.876. The van der Waals surface area contributed by atoms with Gasteiger partial charge in [-0.25, -0.2) is 4.98 Å².